The van der Waals surface area contributed by atoms with Crippen molar-refractivity contribution in [2.75, 3.05) is 26.9 Å². The molecule has 21 heavy (non-hydrogen) atoms. The van der Waals surface area contributed by atoms with E-state index < -0.39 is 0 Å². The van der Waals surface area contributed by atoms with Crippen LogP contribution in [0.4, 0.5) is 0 Å². The highest BCUT2D eigenvalue weighted by atomic mass is 16.5. The summed E-state index contributed by atoms with van der Waals surface area (Å²) in [6.07, 6.45) is 4.82. The second-order valence-corrected chi connectivity index (χ2v) is 5.15. The summed E-state index contributed by atoms with van der Waals surface area (Å²) in [6, 6.07) is 8.56. The number of ether oxygens (including phenoxy) is 2. The number of benzene rings is 1. The number of hydrogen-bond donors (Lipinski definition) is 1. The Balaban J connectivity index is 1.77. The molecule has 2 aromatic rings. The van der Waals surface area contributed by atoms with Crippen LogP contribution in [-0.4, -0.2) is 36.4 Å². The van der Waals surface area contributed by atoms with E-state index in [4.69, 9.17) is 9.47 Å². The van der Waals surface area contributed by atoms with Crippen LogP contribution in [0.2, 0.25) is 0 Å². The molecule has 0 spiro atoms. The fourth-order valence-corrected chi connectivity index (χ4v) is 2.75. The average molecular weight is 287 g/mol. The minimum absolute atomic E-state index is 0.302. The first-order valence-electron chi connectivity index (χ1n) is 7.32. The van der Waals surface area contributed by atoms with E-state index in [1.165, 1.54) is 11.3 Å². The van der Waals surface area contributed by atoms with E-state index in [2.05, 4.69) is 27.0 Å². The van der Waals surface area contributed by atoms with Gasteiger partial charge in [0.1, 0.15) is 5.75 Å². The van der Waals surface area contributed by atoms with Crippen molar-refractivity contribution in [3.8, 4) is 5.75 Å². The molecule has 112 valence electrons. The number of imidazole rings is 1. The average Bonchev–Trinajstić information content (AvgIpc) is 2.99. The number of rotatable bonds is 6. The minimum atomic E-state index is 0.302. The molecule has 1 unspecified atom stereocenters. The van der Waals surface area contributed by atoms with Gasteiger partial charge < -0.3 is 19.4 Å². The van der Waals surface area contributed by atoms with Crippen molar-refractivity contribution >= 4 is 0 Å². The molecule has 1 atom stereocenters. The SMILES string of the molecule is COCCNCc1cncn1C1CCOc2ccccc21. The van der Waals surface area contributed by atoms with Gasteiger partial charge in [0.05, 0.1) is 31.3 Å². The van der Waals surface area contributed by atoms with Crippen LogP contribution >= 0.6 is 0 Å². The molecule has 0 amide bonds. The molecule has 0 saturated heterocycles. The number of aromatic nitrogens is 2. The number of nitrogens with zero attached hydrogens (tertiary/aromatic N) is 2. The fraction of sp³-hybridized carbons (Fsp3) is 0.438. The van der Waals surface area contributed by atoms with Gasteiger partial charge in [0.15, 0.2) is 0 Å². The molecule has 1 aliphatic heterocycles. The van der Waals surface area contributed by atoms with Gasteiger partial charge in [-0.05, 0) is 6.07 Å². The lowest BCUT2D eigenvalue weighted by Crippen LogP contribution is -2.24. The zero-order valence-corrected chi connectivity index (χ0v) is 12.3. The molecule has 1 aromatic carbocycles. The first kappa shape index (κ1) is 14.1. The van der Waals surface area contributed by atoms with Crippen molar-refractivity contribution in [3.63, 3.8) is 0 Å². The standard InChI is InChI=1S/C16H21N3O2/c1-20-9-7-17-10-13-11-18-12-19(13)15-6-8-21-16-5-3-2-4-14(15)16/h2-5,11-12,15,17H,6-10H2,1H3. The molecule has 1 aliphatic rings. The zero-order chi connectivity index (χ0) is 14.5. The van der Waals surface area contributed by atoms with Crippen LogP contribution in [-0.2, 0) is 11.3 Å². The summed E-state index contributed by atoms with van der Waals surface area (Å²) in [5, 5.41) is 3.38. The maximum Gasteiger partial charge on any atom is 0.124 e. The Bertz CT molecular complexity index is 582. The Morgan fingerprint density at radius 1 is 1.43 bits per heavy atom. The normalized spacial score (nSPS) is 17.3. The Kier molecular flexibility index (Phi) is 4.52. The lowest BCUT2D eigenvalue weighted by atomic mass is 10.0. The van der Waals surface area contributed by atoms with E-state index in [0.717, 1.165) is 31.9 Å². The van der Waals surface area contributed by atoms with E-state index in [1.54, 1.807) is 7.11 Å². The van der Waals surface area contributed by atoms with Crippen molar-refractivity contribution in [2.45, 2.75) is 19.0 Å². The van der Waals surface area contributed by atoms with Crippen molar-refractivity contribution < 1.29 is 9.47 Å². The van der Waals surface area contributed by atoms with Gasteiger partial charge in [-0.25, -0.2) is 4.98 Å². The first-order chi connectivity index (χ1) is 10.4. The molecule has 2 heterocycles. The predicted octanol–water partition coefficient (Wildman–Crippen LogP) is 1.99. The summed E-state index contributed by atoms with van der Waals surface area (Å²) in [7, 11) is 1.71. The third-order valence-electron chi connectivity index (χ3n) is 3.80. The Morgan fingerprint density at radius 3 is 3.24 bits per heavy atom. The smallest absolute Gasteiger partial charge is 0.124 e. The zero-order valence-electron chi connectivity index (χ0n) is 12.3. The molecule has 0 saturated carbocycles. The summed E-state index contributed by atoms with van der Waals surface area (Å²) in [4.78, 5) is 4.32. The van der Waals surface area contributed by atoms with Gasteiger partial charge in [-0.2, -0.15) is 0 Å². The molecule has 5 nitrogen and oxygen atoms in total. The quantitative estimate of drug-likeness (QED) is 0.826. The van der Waals surface area contributed by atoms with Gasteiger partial charge in [-0.1, -0.05) is 18.2 Å². The van der Waals surface area contributed by atoms with Crippen LogP contribution in [0, 0.1) is 0 Å². The monoisotopic (exact) mass is 287 g/mol. The Hall–Kier alpha value is -1.85. The van der Waals surface area contributed by atoms with E-state index >= 15 is 0 Å². The van der Waals surface area contributed by atoms with Crippen LogP contribution < -0.4 is 10.1 Å². The highest BCUT2D eigenvalue weighted by Gasteiger charge is 2.23. The van der Waals surface area contributed by atoms with E-state index in [9.17, 15) is 0 Å². The molecular weight excluding hydrogens is 266 g/mol. The summed E-state index contributed by atoms with van der Waals surface area (Å²) >= 11 is 0. The van der Waals surface area contributed by atoms with Gasteiger partial charge in [-0.15, -0.1) is 0 Å². The van der Waals surface area contributed by atoms with Crippen molar-refractivity contribution in [3.05, 3.63) is 48.0 Å². The summed E-state index contributed by atoms with van der Waals surface area (Å²) in [5.74, 6) is 0.987. The highest BCUT2D eigenvalue weighted by molar-refractivity contribution is 5.38. The molecule has 0 radical (unpaired) electrons. The molecule has 0 aliphatic carbocycles. The third kappa shape index (κ3) is 3.09. The van der Waals surface area contributed by atoms with Crippen LogP contribution in [0.25, 0.3) is 0 Å². The molecule has 0 bridgehead atoms. The maximum absolute atomic E-state index is 5.74. The summed E-state index contributed by atoms with van der Waals surface area (Å²) in [5.41, 5.74) is 2.42. The molecule has 3 rings (SSSR count). The molecule has 5 heteroatoms. The van der Waals surface area contributed by atoms with Gasteiger partial charge in [0.25, 0.3) is 0 Å². The number of methoxy groups -OCH3 is 1. The number of para-hydroxylation sites is 1. The summed E-state index contributed by atoms with van der Waals surface area (Å²) in [6.45, 7) is 3.10. The van der Waals surface area contributed by atoms with E-state index in [1.807, 2.05) is 24.7 Å². The van der Waals surface area contributed by atoms with Crippen molar-refractivity contribution in [2.24, 2.45) is 0 Å². The van der Waals surface area contributed by atoms with Crippen LogP contribution in [0.1, 0.15) is 23.7 Å². The van der Waals surface area contributed by atoms with Crippen LogP contribution in [0.3, 0.4) is 0 Å². The minimum Gasteiger partial charge on any atom is -0.493 e. The van der Waals surface area contributed by atoms with Crippen molar-refractivity contribution in [1.29, 1.82) is 0 Å². The lowest BCUT2D eigenvalue weighted by molar-refractivity contribution is 0.198. The Labute approximate surface area is 124 Å². The van der Waals surface area contributed by atoms with Crippen molar-refractivity contribution in [1.82, 2.24) is 14.9 Å². The number of fused-ring (bicyclic) bond motifs is 1. The van der Waals surface area contributed by atoms with Crippen LogP contribution in [0.5, 0.6) is 5.75 Å². The maximum atomic E-state index is 5.74. The molecule has 1 aromatic heterocycles. The van der Waals surface area contributed by atoms with Gasteiger partial charge in [-0.3, -0.25) is 0 Å². The Morgan fingerprint density at radius 2 is 2.33 bits per heavy atom. The van der Waals surface area contributed by atoms with Gasteiger partial charge >= 0.3 is 0 Å². The number of nitrogens with one attached hydrogen (secondary N) is 1. The van der Waals surface area contributed by atoms with E-state index in [-0.39, 0.29) is 0 Å². The van der Waals surface area contributed by atoms with E-state index in [0.29, 0.717) is 12.6 Å². The second-order valence-electron chi connectivity index (χ2n) is 5.15. The third-order valence-corrected chi connectivity index (χ3v) is 3.80. The van der Waals surface area contributed by atoms with Gasteiger partial charge in [0.2, 0.25) is 0 Å². The predicted molar refractivity (Wildman–Crippen MR) is 80.5 cm³/mol. The largest absolute Gasteiger partial charge is 0.493 e. The molecular formula is C16H21N3O2. The number of hydrogen-bond acceptors (Lipinski definition) is 4. The molecule has 1 N–H and O–H groups in total. The highest BCUT2D eigenvalue weighted by Crippen LogP contribution is 2.34. The fourth-order valence-electron chi connectivity index (χ4n) is 2.75. The first-order valence-corrected chi connectivity index (χ1v) is 7.32. The second kappa shape index (κ2) is 6.74. The molecule has 0 fully saturated rings. The van der Waals surface area contributed by atoms with Gasteiger partial charge in [0, 0.05) is 38.4 Å². The topological polar surface area (TPSA) is 48.3 Å². The van der Waals surface area contributed by atoms with Crippen LogP contribution in [0.15, 0.2) is 36.8 Å². The lowest BCUT2D eigenvalue weighted by Gasteiger charge is -2.28. The summed E-state index contributed by atoms with van der Waals surface area (Å²) < 4.78 is 13.0.